The molecule has 1 atom stereocenters. The van der Waals surface area contributed by atoms with Crippen molar-refractivity contribution in [3.63, 3.8) is 0 Å². The highest BCUT2D eigenvalue weighted by atomic mass is 32.2. The number of hydrogen-bond donors (Lipinski definition) is 3. The van der Waals surface area contributed by atoms with Gasteiger partial charge >= 0.3 is 0 Å². The van der Waals surface area contributed by atoms with Gasteiger partial charge in [0.15, 0.2) is 0 Å². The van der Waals surface area contributed by atoms with Gasteiger partial charge in [0, 0.05) is 18.2 Å². The topological polar surface area (TPSA) is 87.3 Å². The summed E-state index contributed by atoms with van der Waals surface area (Å²) in [5.41, 5.74) is 0.572. The van der Waals surface area contributed by atoms with Crippen LogP contribution in [0.25, 0.3) is 0 Å². The van der Waals surface area contributed by atoms with Crippen LogP contribution in [0.4, 0.5) is 5.69 Å². The largest absolute Gasteiger partial charge is 0.326 e. The number of nitrogens with one attached hydrogen (secondary N) is 3. The number of carbonyl (C=O) groups excluding carboxylic acids is 1. The van der Waals surface area contributed by atoms with Crippen LogP contribution in [0.15, 0.2) is 29.2 Å². The third kappa shape index (κ3) is 4.30. The first-order chi connectivity index (χ1) is 8.90. The van der Waals surface area contributed by atoms with Gasteiger partial charge in [-0.2, -0.15) is 0 Å². The van der Waals surface area contributed by atoms with E-state index in [2.05, 4.69) is 15.4 Å². The van der Waals surface area contributed by atoms with Crippen LogP contribution in [-0.2, 0) is 14.8 Å². The normalized spacial score (nSPS) is 13.0. The van der Waals surface area contributed by atoms with E-state index in [-0.39, 0.29) is 16.7 Å². The molecule has 0 saturated heterocycles. The molecule has 19 heavy (non-hydrogen) atoms. The van der Waals surface area contributed by atoms with Crippen molar-refractivity contribution in [2.45, 2.75) is 11.8 Å². The van der Waals surface area contributed by atoms with Crippen molar-refractivity contribution in [3.8, 4) is 0 Å². The van der Waals surface area contributed by atoms with Crippen molar-refractivity contribution in [2.75, 3.05) is 26.0 Å². The van der Waals surface area contributed by atoms with Gasteiger partial charge in [-0.25, -0.2) is 13.1 Å². The van der Waals surface area contributed by atoms with Crippen LogP contribution in [0.5, 0.6) is 0 Å². The monoisotopic (exact) mass is 285 g/mol. The second-order valence-corrected chi connectivity index (χ2v) is 6.07. The Morgan fingerprint density at radius 2 is 1.79 bits per heavy atom. The Kier molecular flexibility index (Phi) is 5.46. The number of hydrogen-bond acceptors (Lipinski definition) is 4. The first kappa shape index (κ1) is 15.6. The predicted molar refractivity (Wildman–Crippen MR) is 74.4 cm³/mol. The second kappa shape index (κ2) is 6.65. The number of amides is 1. The van der Waals surface area contributed by atoms with Crippen molar-refractivity contribution >= 4 is 21.6 Å². The summed E-state index contributed by atoms with van der Waals surface area (Å²) in [6, 6.07) is 6.02. The van der Waals surface area contributed by atoms with Crippen molar-refractivity contribution in [2.24, 2.45) is 5.92 Å². The fraction of sp³-hybridized carbons (Fsp3) is 0.417. The Morgan fingerprint density at radius 1 is 1.21 bits per heavy atom. The number of benzene rings is 1. The van der Waals surface area contributed by atoms with Gasteiger partial charge < -0.3 is 10.6 Å². The molecule has 0 fully saturated rings. The maximum atomic E-state index is 11.8. The summed E-state index contributed by atoms with van der Waals surface area (Å²) >= 11 is 0. The lowest BCUT2D eigenvalue weighted by molar-refractivity contribution is -0.119. The highest BCUT2D eigenvalue weighted by Gasteiger charge is 2.13. The van der Waals surface area contributed by atoms with Gasteiger partial charge in [0.2, 0.25) is 15.9 Å². The standard InChI is InChI=1S/C12H19N3O3S/c1-9(8-13-2)12(16)15-10-4-6-11(7-5-10)19(17,18)14-3/h4-7,9,13-14H,8H2,1-3H3,(H,15,16). The van der Waals surface area contributed by atoms with Crippen LogP contribution >= 0.6 is 0 Å². The predicted octanol–water partition coefficient (Wildman–Crippen LogP) is 0.389. The number of anilines is 1. The fourth-order valence-corrected chi connectivity index (χ4v) is 2.23. The van der Waals surface area contributed by atoms with E-state index in [1.165, 1.54) is 19.2 Å². The fourth-order valence-electron chi connectivity index (χ4n) is 1.50. The summed E-state index contributed by atoms with van der Waals surface area (Å²) < 4.78 is 25.3. The Bertz CT molecular complexity index is 526. The average molecular weight is 285 g/mol. The van der Waals surface area contributed by atoms with E-state index in [1.54, 1.807) is 19.2 Å². The maximum absolute atomic E-state index is 11.8. The molecular weight excluding hydrogens is 266 g/mol. The van der Waals surface area contributed by atoms with Gasteiger partial charge in [0.1, 0.15) is 0 Å². The highest BCUT2D eigenvalue weighted by molar-refractivity contribution is 7.89. The molecule has 0 aromatic heterocycles. The minimum absolute atomic E-state index is 0.112. The molecule has 1 rings (SSSR count). The molecule has 1 unspecified atom stereocenters. The van der Waals surface area contributed by atoms with Gasteiger partial charge in [0.25, 0.3) is 0 Å². The molecule has 106 valence electrons. The third-order valence-corrected chi connectivity index (χ3v) is 4.09. The van der Waals surface area contributed by atoms with Gasteiger partial charge in [-0.05, 0) is 38.4 Å². The number of sulfonamides is 1. The van der Waals surface area contributed by atoms with E-state index < -0.39 is 10.0 Å². The molecule has 0 radical (unpaired) electrons. The van der Waals surface area contributed by atoms with Gasteiger partial charge in [-0.15, -0.1) is 0 Å². The highest BCUT2D eigenvalue weighted by Crippen LogP contribution is 2.14. The van der Waals surface area contributed by atoms with E-state index in [0.29, 0.717) is 12.2 Å². The maximum Gasteiger partial charge on any atom is 0.240 e. The lowest BCUT2D eigenvalue weighted by Gasteiger charge is -2.12. The van der Waals surface area contributed by atoms with Crippen LogP contribution in [0, 0.1) is 5.92 Å². The van der Waals surface area contributed by atoms with Crippen LogP contribution in [0.3, 0.4) is 0 Å². The van der Waals surface area contributed by atoms with E-state index >= 15 is 0 Å². The summed E-state index contributed by atoms with van der Waals surface area (Å²) in [6.07, 6.45) is 0. The SMILES string of the molecule is CNCC(C)C(=O)Nc1ccc(S(=O)(=O)NC)cc1. The van der Waals surface area contributed by atoms with Crippen LogP contribution in [0.1, 0.15) is 6.92 Å². The van der Waals surface area contributed by atoms with Crippen LogP contribution < -0.4 is 15.4 Å². The summed E-state index contributed by atoms with van der Waals surface area (Å²) in [5, 5.41) is 5.65. The molecule has 0 heterocycles. The minimum atomic E-state index is -3.44. The average Bonchev–Trinajstić information content (AvgIpc) is 2.39. The first-order valence-electron chi connectivity index (χ1n) is 5.89. The molecule has 1 aromatic rings. The molecule has 0 aliphatic rings. The number of rotatable bonds is 6. The molecule has 1 aromatic carbocycles. The molecule has 6 nitrogen and oxygen atoms in total. The molecule has 0 spiro atoms. The lowest BCUT2D eigenvalue weighted by atomic mass is 10.1. The third-order valence-electron chi connectivity index (χ3n) is 2.66. The molecule has 0 saturated carbocycles. The Hall–Kier alpha value is -1.44. The molecule has 0 bridgehead atoms. The van der Waals surface area contributed by atoms with Gasteiger partial charge in [0.05, 0.1) is 4.90 Å². The Balaban J connectivity index is 2.75. The van der Waals surface area contributed by atoms with Crippen molar-refractivity contribution in [1.29, 1.82) is 0 Å². The van der Waals surface area contributed by atoms with Crippen LogP contribution in [0.2, 0.25) is 0 Å². The number of carbonyl (C=O) groups is 1. The second-order valence-electron chi connectivity index (χ2n) is 4.18. The van der Waals surface area contributed by atoms with Gasteiger partial charge in [-0.3, -0.25) is 4.79 Å². The summed E-state index contributed by atoms with van der Waals surface area (Å²) in [6.45, 7) is 2.39. The van der Waals surface area contributed by atoms with Gasteiger partial charge in [-0.1, -0.05) is 6.92 Å². The molecular formula is C12H19N3O3S. The lowest BCUT2D eigenvalue weighted by Crippen LogP contribution is -2.28. The zero-order valence-electron chi connectivity index (χ0n) is 11.2. The molecule has 1 amide bonds. The van der Waals surface area contributed by atoms with E-state index in [1.807, 2.05) is 6.92 Å². The summed E-state index contributed by atoms with van der Waals surface area (Å²) in [7, 11) is -0.310. The van der Waals surface area contributed by atoms with Crippen LogP contribution in [-0.4, -0.2) is 35.0 Å². The Labute approximate surface area is 113 Å². The molecule has 7 heteroatoms. The first-order valence-corrected chi connectivity index (χ1v) is 7.38. The van der Waals surface area contributed by atoms with Crippen molar-refractivity contribution in [1.82, 2.24) is 10.0 Å². The molecule has 0 aliphatic carbocycles. The molecule has 0 aliphatic heterocycles. The van der Waals surface area contributed by atoms with E-state index in [4.69, 9.17) is 0 Å². The van der Waals surface area contributed by atoms with Crippen molar-refractivity contribution in [3.05, 3.63) is 24.3 Å². The van der Waals surface area contributed by atoms with Crippen molar-refractivity contribution < 1.29 is 13.2 Å². The zero-order chi connectivity index (χ0) is 14.5. The van der Waals surface area contributed by atoms with E-state index in [9.17, 15) is 13.2 Å². The summed E-state index contributed by atoms with van der Waals surface area (Å²) in [5.74, 6) is -0.274. The summed E-state index contributed by atoms with van der Waals surface area (Å²) in [4.78, 5) is 11.9. The smallest absolute Gasteiger partial charge is 0.240 e. The zero-order valence-corrected chi connectivity index (χ0v) is 12.0. The molecule has 3 N–H and O–H groups in total. The quantitative estimate of drug-likeness (QED) is 0.705. The van der Waals surface area contributed by atoms with E-state index in [0.717, 1.165) is 0 Å². The Morgan fingerprint density at radius 3 is 2.26 bits per heavy atom. The minimum Gasteiger partial charge on any atom is -0.326 e.